The van der Waals surface area contributed by atoms with E-state index in [9.17, 15) is 4.79 Å². The number of ether oxygens (including phenoxy) is 1. The molecule has 1 aromatic heterocycles. The van der Waals surface area contributed by atoms with Gasteiger partial charge in [0.05, 0.1) is 22.8 Å². The molecule has 1 aliphatic rings. The topological polar surface area (TPSA) is 77.2 Å². The van der Waals surface area contributed by atoms with E-state index in [1.165, 1.54) is 0 Å². The number of thiazole rings is 1. The van der Waals surface area contributed by atoms with Crippen molar-refractivity contribution in [1.29, 1.82) is 0 Å². The molecule has 3 unspecified atom stereocenters. The number of nitrogens with two attached hydrogens (primary N) is 1. The van der Waals surface area contributed by atoms with Crippen LogP contribution in [-0.4, -0.2) is 29.1 Å². The molecule has 3 atom stereocenters. The van der Waals surface area contributed by atoms with Crippen LogP contribution < -0.4 is 11.1 Å². The van der Waals surface area contributed by atoms with Gasteiger partial charge in [0.1, 0.15) is 5.54 Å². The highest BCUT2D eigenvalue weighted by Crippen LogP contribution is 2.50. The minimum Gasteiger partial charge on any atom is -0.378 e. The van der Waals surface area contributed by atoms with Crippen molar-refractivity contribution in [2.24, 2.45) is 11.1 Å². The maximum atomic E-state index is 12.7. The Morgan fingerprint density at radius 3 is 2.58 bits per heavy atom. The Morgan fingerprint density at radius 1 is 1.50 bits per heavy atom. The molecule has 1 amide bonds. The van der Waals surface area contributed by atoms with Crippen LogP contribution in [0.15, 0.2) is 5.38 Å². The zero-order valence-corrected chi connectivity index (χ0v) is 17.4. The van der Waals surface area contributed by atoms with Gasteiger partial charge in [-0.25, -0.2) is 4.98 Å². The number of hydrogen-bond acceptors (Lipinski definition) is 5. The Morgan fingerprint density at radius 2 is 2.12 bits per heavy atom. The quantitative estimate of drug-likeness (QED) is 0.771. The second-order valence-corrected chi connectivity index (χ2v) is 7.50. The molecular weight excluding hydrogens is 369 g/mol. The molecule has 1 aromatic rings. The summed E-state index contributed by atoms with van der Waals surface area (Å²) in [6.07, 6.45) is 1.51. The summed E-state index contributed by atoms with van der Waals surface area (Å²) in [6, 6.07) is -0.133. The van der Waals surface area contributed by atoms with Crippen molar-refractivity contribution < 1.29 is 9.53 Å². The third-order valence-corrected chi connectivity index (χ3v) is 5.91. The monoisotopic (exact) mass is 397 g/mol. The normalized spacial score (nSPS) is 25.7. The minimum absolute atomic E-state index is 0. The maximum Gasteiger partial charge on any atom is 0.241 e. The van der Waals surface area contributed by atoms with Crippen LogP contribution in [0, 0.1) is 5.41 Å². The molecule has 24 heavy (non-hydrogen) atoms. The van der Waals surface area contributed by atoms with Crippen molar-refractivity contribution in [3.05, 3.63) is 16.1 Å². The predicted octanol–water partition coefficient (Wildman–Crippen LogP) is 3.26. The lowest BCUT2D eigenvalue weighted by molar-refractivity contribution is -0.171. The van der Waals surface area contributed by atoms with Gasteiger partial charge in [0.2, 0.25) is 5.91 Å². The lowest BCUT2D eigenvalue weighted by atomic mass is 9.54. The fraction of sp³-hybridized carbons (Fsp3) is 0.750. The number of carbonyl (C=O) groups is 1. The van der Waals surface area contributed by atoms with E-state index in [-0.39, 0.29) is 48.3 Å². The Kier molecular flexibility index (Phi) is 8.66. The number of rotatable bonds is 6. The molecule has 0 aliphatic heterocycles. The van der Waals surface area contributed by atoms with E-state index in [0.717, 1.165) is 17.1 Å². The van der Waals surface area contributed by atoms with Gasteiger partial charge in [-0.3, -0.25) is 4.79 Å². The zero-order valence-electron chi connectivity index (χ0n) is 14.9. The van der Waals surface area contributed by atoms with Crippen molar-refractivity contribution in [2.45, 2.75) is 65.1 Å². The first kappa shape index (κ1) is 23.6. The van der Waals surface area contributed by atoms with Gasteiger partial charge in [-0.15, -0.1) is 36.2 Å². The summed E-state index contributed by atoms with van der Waals surface area (Å²) in [7, 11) is 0. The van der Waals surface area contributed by atoms with Crippen molar-refractivity contribution in [1.82, 2.24) is 10.3 Å². The fourth-order valence-electron chi connectivity index (χ4n) is 2.91. The van der Waals surface area contributed by atoms with Crippen molar-refractivity contribution in [2.75, 3.05) is 6.61 Å². The summed E-state index contributed by atoms with van der Waals surface area (Å²) < 4.78 is 5.68. The third kappa shape index (κ3) is 4.05. The lowest BCUT2D eigenvalue weighted by Crippen LogP contribution is -2.75. The predicted molar refractivity (Wildman–Crippen MR) is 103 cm³/mol. The molecule has 1 aliphatic carbocycles. The number of aryl methyl sites for hydroxylation is 1. The van der Waals surface area contributed by atoms with Crippen LogP contribution >= 0.6 is 36.2 Å². The molecule has 8 heteroatoms. The van der Waals surface area contributed by atoms with Crippen molar-refractivity contribution in [3.8, 4) is 0 Å². The van der Waals surface area contributed by atoms with Crippen LogP contribution in [0.5, 0.6) is 0 Å². The van der Waals surface area contributed by atoms with Crippen molar-refractivity contribution in [3.63, 3.8) is 0 Å². The average Bonchev–Trinajstić information content (AvgIpc) is 2.95. The van der Waals surface area contributed by atoms with Crippen molar-refractivity contribution >= 4 is 42.1 Å². The molecule has 3 N–H and O–H groups in total. The molecular formula is C16H29Cl2N3O2S. The second kappa shape index (κ2) is 8.81. The standard InChI is InChI=1S/C16H27N3O2S.2ClH/c1-6-13-19-11(9-22-13)10(3)18-14(20)16(17)8-12(21-7-2)15(16,4)5;;/h9-10,12H,6-8,17H2,1-5H3,(H,18,20);2*1H. The summed E-state index contributed by atoms with van der Waals surface area (Å²) in [5.74, 6) is -0.119. The van der Waals surface area contributed by atoms with E-state index in [0.29, 0.717) is 13.0 Å². The van der Waals surface area contributed by atoms with Gasteiger partial charge in [0.25, 0.3) is 0 Å². The smallest absolute Gasteiger partial charge is 0.241 e. The minimum atomic E-state index is -0.884. The highest BCUT2D eigenvalue weighted by molar-refractivity contribution is 7.09. The van der Waals surface area contributed by atoms with Gasteiger partial charge >= 0.3 is 0 Å². The number of nitrogens with one attached hydrogen (secondary N) is 1. The number of nitrogens with zero attached hydrogens (tertiary/aromatic N) is 1. The first-order chi connectivity index (χ1) is 10.3. The number of halogens is 2. The van der Waals surface area contributed by atoms with Crippen LogP contribution in [0.4, 0.5) is 0 Å². The van der Waals surface area contributed by atoms with E-state index >= 15 is 0 Å². The van der Waals surface area contributed by atoms with Gasteiger partial charge in [-0.05, 0) is 20.3 Å². The van der Waals surface area contributed by atoms with Gasteiger partial charge < -0.3 is 15.8 Å². The highest BCUT2D eigenvalue weighted by atomic mass is 35.5. The largest absolute Gasteiger partial charge is 0.378 e. The molecule has 0 aromatic carbocycles. The number of aromatic nitrogens is 1. The van der Waals surface area contributed by atoms with E-state index < -0.39 is 5.54 Å². The second-order valence-electron chi connectivity index (χ2n) is 6.56. The molecule has 0 bridgehead atoms. The van der Waals surface area contributed by atoms with E-state index in [1.54, 1.807) is 11.3 Å². The number of hydrogen-bond donors (Lipinski definition) is 2. The van der Waals surface area contributed by atoms with E-state index in [1.807, 2.05) is 33.1 Å². The Labute approximate surface area is 161 Å². The SMILES string of the molecule is CCOC1CC(N)(C(=O)NC(C)c2csc(CC)n2)C1(C)C.Cl.Cl. The Bertz CT molecular complexity index is 553. The van der Waals surface area contributed by atoms with Crippen LogP contribution in [0.3, 0.4) is 0 Å². The van der Waals surface area contributed by atoms with Crippen LogP contribution in [0.1, 0.15) is 57.8 Å². The molecule has 0 spiro atoms. The zero-order chi connectivity index (χ0) is 16.5. The molecule has 0 saturated heterocycles. The molecule has 140 valence electrons. The summed E-state index contributed by atoms with van der Waals surface area (Å²) in [5, 5.41) is 6.10. The van der Waals surface area contributed by atoms with Crippen LogP contribution in [-0.2, 0) is 16.0 Å². The van der Waals surface area contributed by atoms with Gasteiger partial charge in [0, 0.05) is 23.8 Å². The Balaban J connectivity index is 0.00000264. The number of amides is 1. The van der Waals surface area contributed by atoms with E-state index in [2.05, 4.69) is 17.2 Å². The lowest BCUT2D eigenvalue weighted by Gasteiger charge is -2.57. The summed E-state index contributed by atoms with van der Waals surface area (Å²) in [6.45, 7) is 10.6. The number of carbonyl (C=O) groups excluding carboxylic acids is 1. The summed E-state index contributed by atoms with van der Waals surface area (Å²) >= 11 is 1.63. The molecule has 1 fully saturated rings. The maximum absolute atomic E-state index is 12.7. The Hall–Kier alpha value is -0.400. The highest BCUT2D eigenvalue weighted by Gasteiger charge is 2.62. The summed E-state index contributed by atoms with van der Waals surface area (Å²) in [4.78, 5) is 17.2. The van der Waals surface area contributed by atoms with Gasteiger partial charge in [-0.1, -0.05) is 20.8 Å². The van der Waals surface area contributed by atoms with Crippen LogP contribution in [0.2, 0.25) is 0 Å². The molecule has 1 heterocycles. The fourth-order valence-corrected chi connectivity index (χ4v) is 3.74. The molecule has 5 nitrogen and oxygen atoms in total. The van der Waals surface area contributed by atoms with Crippen LogP contribution in [0.25, 0.3) is 0 Å². The molecule has 2 rings (SSSR count). The first-order valence-corrected chi connectivity index (χ1v) is 8.80. The van der Waals surface area contributed by atoms with E-state index in [4.69, 9.17) is 10.5 Å². The third-order valence-electron chi connectivity index (χ3n) is 4.90. The average molecular weight is 398 g/mol. The van der Waals surface area contributed by atoms with Gasteiger partial charge in [0.15, 0.2) is 0 Å². The first-order valence-electron chi connectivity index (χ1n) is 7.92. The molecule has 1 saturated carbocycles. The summed E-state index contributed by atoms with van der Waals surface area (Å²) in [5.41, 5.74) is 6.04. The van der Waals surface area contributed by atoms with Gasteiger partial charge in [-0.2, -0.15) is 0 Å². The molecule has 0 radical (unpaired) electrons.